The summed E-state index contributed by atoms with van der Waals surface area (Å²) in [5.41, 5.74) is 4.83. The molecule has 1 aromatic carbocycles. The fourth-order valence-electron chi connectivity index (χ4n) is 4.09. The Balaban J connectivity index is 1.63. The highest BCUT2D eigenvalue weighted by molar-refractivity contribution is 7.18. The molecular weight excluding hydrogens is 372 g/mol. The van der Waals surface area contributed by atoms with E-state index < -0.39 is 0 Å². The predicted molar refractivity (Wildman–Crippen MR) is 112 cm³/mol. The summed E-state index contributed by atoms with van der Waals surface area (Å²) in [7, 11) is 0. The fraction of sp³-hybridized carbons (Fsp3) is 0.429. The van der Waals surface area contributed by atoms with Crippen molar-refractivity contribution < 1.29 is 4.79 Å². The van der Waals surface area contributed by atoms with Gasteiger partial charge in [-0.25, -0.2) is 4.68 Å². The van der Waals surface area contributed by atoms with Gasteiger partial charge in [0.25, 0.3) is 5.56 Å². The molecule has 1 N–H and O–H groups in total. The van der Waals surface area contributed by atoms with E-state index in [4.69, 9.17) is 0 Å². The summed E-state index contributed by atoms with van der Waals surface area (Å²) in [4.78, 5) is 27.5. The van der Waals surface area contributed by atoms with E-state index in [1.807, 2.05) is 32.9 Å². The maximum absolute atomic E-state index is 13.0. The summed E-state index contributed by atoms with van der Waals surface area (Å²) in [6.45, 7) is 8.04. The number of nitrogens with zero attached hydrogens (tertiary/aromatic N) is 3. The second kappa shape index (κ2) is 7.13. The Morgan fingerprint density at radius 2 is 2.00 bits per heavy atom. The van der Waals surface area contributed by atoms with Crippen LogP contribution in [-0.4, -0.2) is 20.9 Å². The number of benzene rings is 1. The summed E-state index contributed by atoms with van der Waals surface area (Å²) in [5, 5.41) is 11.8. The topological polar surface area (TPSA) is 76.9 Å². The van der Waals surface area contributed by atoms with E-state index in [1.54, 1.807) is 11.3 Å². The first-order valence-corrected chi connectivity index (χ1v) is 10.4. The Hall–Kier alpha value is -2.54. The van der Waals surface area contributed by atoms with Crippen molar-refractivity contribution in [1.82, 2.24) is 15.0 Å². The molecule has 0 bridgehead atoms. The Morgan fingerprint density at radius 1 is 1.29 bits per heavy atom. The van der Waals surface area contributed by atoms with Gasteiger partial charge < -0.3 is 5.32 Å². The zero-order valence-electron chi connectivity index (χ0n) is 16.6. The molecule has 2 aromatic heterocycles. The third kappa shape index (κ3) is 3.35. The molecule has 0 radical (unpaired) electrons. The van der Waals surface area contributed by atoms with Crippen molar-refractivity contribution in [2.24, 2.45) is 5.92 Å². The van der Waals surface area contributed by atoms with Gasteiger partial charge in [-0.15, -0.1) is 16.4 Å². The predicted octanol–water partition coefficient (Wildman–Crippen LogP) is 3.54. The van der Waals surface area contributed by atoms with E-state index in [2.05, 4.69) is 22.6 Å². The number of amides is 1. The van der Waals surface area contributed by atoms with Crippen LogP contribution in [0.15, 0.2) is 16.9 Å². The zero-order valence-corrected chi connectivity index (χ0v) is 17.4. The summed E-state index contributed by atoms with van der Waals surface area (Å²) >= 11 is 1.57. The molecule has 0 saturated heterocycles. The number of thiophene rings is 1. The van der Waals surface area contributed by atoms with Crippen molar-refractivity contribution in [1.29, 1.82) is 0 Å². The number of hydrogen-bond donors (Lipinski definition) is 1. The number of fused-ring (bicyclic) bond motifs is 3. The van der Waals surface area contributed by atoms with Crippen molar-refractivity contribution in [3.63, 3.8) is 0 Å². The van der Waals surface area contributed by atoms with E-state index in [0.717, 1.165) is 47.2 Å². The minimum atomic E-state index is -0.275. The normalized spacial score (nSPS) is 16.2. The number of hydrogen-bond acceptors (Lipinski definition) is 5. The first kappa shape index (κ1) is 18.8. The molecule has 146 valence electrons. The molecule has 0 aliphatic heterocycles. The van der Waals surface area contributed by atoms with E-state index in [-0.39, 0.29) is 18.0 Å². The highest BCUT2D eigenvalue weighted by Crippen LogP contribution is 2.35. The van der Waals surface area contributed by atoms with Crippen LogP contribution in [0.2, 0.25) is 0 Å². The summed E-state index contributed by atoms with van der Waals surface area (Å²) in [6, 6.07) is 4.05. The van der Waals surface area contributed by atoms with Gasteiger partial charge in [0.1, 0.15) is 6.54 Å². The van der Waals surface area contributed by atoms with Crippen LogP contribution in [0.1, 0.15) is 40.5 Å². The van der Waals surface area contributed by atoms with Crippen LogP contribution < -0.4 is 10.9 Å². The second-order valence-electron chi connectivity index (χ2n) is 7.91. The van der Waals surface area contributed by atoms with Gasteiger partial charge in [-0.05, 0) is 62.6 Å². The molecule has 0 fully saturated rings. The van der Waals surface area contributed by atoms with Crippen molar-refractivity contribution in [3.05, 3.63) is 49.6 Å². The number of carbonyl (C=O) groups is 1. The molecular formula is C21H24N4O2S. The molecule has 0 spiro atoms. The van der Waals surface area contributed by atoms with Gasteiger partial charge in [0.05, 0.1) is 5.39 Å². The molecule has 2 heterocycles. The SMILES string of the molecule is Cc1cc(C)c(NC(=O)Cn2nnc3sc4c(c3c2=O)CC[C@H](C)C4)c(C)c1. The molecule has 1 amide bonds. The molecule has 0 unspecified atom stereocenters. The average molecular weight is 397 g/mol. The van der Waals surface area contributed by atoms with Gasteiger partial charge in [-0.3, -0.25) is 9.59 Å². The standard InChI is InChI=1S/C21H24N4O2S/c1-11-5-6-15-16(9-11)28-20-18(15)21(27)25(24-23-20)10-17(26)22-19-13(3)7-12(2)8-14(19)4/h7-8,11H,5-6,9-10H2,1-4H3,(H,22,26)/t11-/m0/s1. The maximum Gasteiger partial charge on any atom is 0.279 e. The van der Waals surface area contributed by atoms with Gasteiger partial charge in [0, 0.05) is 10.6 Å². The molecule has 4 rings (SSSR count). The Labute approximate surface area is 167 Å². The smallest absolute Gasteiger partial charge is 0.279 e. The molecule has 3 aromatic rings. The van der Waals surface area contributed by atoms with E-state index >= 15 is 0 Å². The quantitative estimate of drug-likeness (QED) is 0.735. The largest absolute Gasteiger partial charge is 0.324 e. The third-order valence-electron chi connectivity index (χ3n) is 5.42. The van der Waals surface area contributed by atoms with Crippen LogP contribution in [0.3, 0.4) is 0 Å². The first-order valence-electron chi connectivity index (χ1n) is 9.59. The van der Waals surface area contributed by atoms with Crippen LogP contribution in [0, 0.1) is 26.7 Å². The molecule has 0 saturated carbocycles. The van der Waals surface area contributed by atoms with Gasteiger partial charge >= 0.3 is 0 Å². The number of aromatic nitrogens is 3. The lowest BCUT2D eigenvalue weighted by Crippen LogP contribution is -2.31. The van der Waals surface area contributed by atoms with E-state index in [1.165, 1.54) is 9.56 Å². The van der Waals surface area contributed by atoms with Crippen molar-refractivity contribution in [3.8, 4) is 0 Å². The molecule has 1 aliphatic carbocycles. The highest BCUT2D eigenvalue weighted by atomic mass is 32.1. The van der Waals surface area contributed by atoms with Gasteiger partial charge in [-0.1, -0.05) is 29.8 Å². The molecule has 1 aliphatic rings. The third-order valence-corrected chi connectivity index (χ3v) is 6.56. The second-order valence-corrected chi connectivity index (χ2v) is 8.99. The number of rotatable bonds is 3. The number of anilines is 1. The van der Waals surface area contributed by atoms with Crippen LogP contribution >= 0.6 is 11.3 Å². The molecule has 7 heteroatoms. The number of aryl methyl sites for hydroxylation is 4. The average Bonchev–Trinajstić information content (AvgIpc) is 2.98. The van der Waals surface area contributed by atoms with Crippen molar-refractivity contribution in [2.45, 2.75) is 53.5 Å². The summed E-state index contributed by atoms with van der Waals surface area (Å²) < 4.78 is 1.18. The Kier molecular flexibility index (Phi) is 4.79. The summed E-state index contributed by atoms with van der Waals surface area (Å²) in [5.74, 6) is 0.353. The lowest BCUT2D eigenvalue weighted by molar-refractivity contribution is -0.117. The minimum Gasteiger partial charge on any atom is -0.324 e. The van der Waals surface area contributed by atoms with Crippen LogP contribution in [0.25, 0.3) is 10.2 Å². The molecule has 28 heavy (non-hydrogen) atoms. The van der Waals surface area contributed by atoms with E-state index in [9.17, 15) is 9.59 Å². The number of nitrogens with one attached hydrogen (secondary N) is 1. The van der Waals surface area contributed by atoms with Crippen molar-refractivity contribution in [2.75, 3.05) is 5.32 Å². The first-order chi connectivity index (χ1) is 13.3. The van der Waals surface area contributed by atoms with Crippen LogP contribution in [0.4, 0.5) is 5.69 Å². The minimum absolute atomic E-state index is 0.143. The van der Waals surface area contributed by atoms with Gasteiger partial charge in [0.15, 0.2) is 4.83 Å². The lowest BCUT2D eigenvalue weighted by atomic mass is 9.89. The van der Waals surface area contributed by atoms with E-state index in [0.29, 0.717) is 16.1 Å². The Bertz CT molecular complexity index is 1120. The highest BCUT2D eigenvalue weighted by Gasteiger charge is 2.24. The van der Waals surface area contributed by atoms with Crippen molar-refractivity contribution >= 4 is 33.1 Å². The van der Waals surface area contributed by atoms with Gasteiger partial charge in [0.2, 0.25) is 5.91 Å². The monoisotopic (exact) mass is 396 g/mol. The zero-order chi connectivity index (χ0) is 20.0. The fourth-order valence-corrected chi connectivity index (χ4v) is 5.41. The molecule has 1 atom stereocenters. The lowest BCUT2D eigenvalue weighted by Gasteiger charge is -2.17. The molecule has 6 nitrogen and oxygen atoms in total. The maximum atomic E-state index is 13.0. The van der Waals surface area contributed by atoms with Gasteiger partial charge in [-0.2, -0.15) is 0 Å². The Morgan fingerprint density at radius 3 is 2.71 bits per heavy atom. The number of carbonyl (C=O) groups excluding carboxylic acids is 1. The summed E-state index contributed by atoms with van der Waals surface area (Å²) in [6.07, 6.45) is 2.96. The van der Waals surface area contributed by atoms with Crippen LogP contribution in [-0.2, 0) is 24.2 Å². The van der Waals surface area contributed by atoms with Crippen LogP contribution in [0.5, 0.6) is 0 Å².